The van der Waals surface area contributed by atoms with E-state index >= 15 is 0 Å². The summed E-state index contributed by atoms with van der Waals surface area (Å²) in [6, 6.07) is 12.4. The van der Waals surface area contributed by atoms with Crippen LogP contribution in [0.25, 0.3) is 0 Å². The highest BCUT2D eigenvalue weighted by Crippen LogP contribution is 2.24. The van der Waals surface area contributed by atoms with Crippen molar-refractivity contribution in [2.45, 2.75) is 44.0 Å². The van der Waals surface area contributed by atoms with Gasteiger partial charge < -0.3 is 15.4 Å². The van der Waals surface area contributed by atoms with Crippen molar-refractivity contribution in [1.82, 2.24) is 15.4 Å². The molecule has 192 valence electrons. The smallest absolute Gasteiger partial charge is 0.258 e. The van der Waals surface area contributed by atoms with E-state index in [2.05, 4.69) is 15.4 Å². The van der Waals surface area contributed by atoms with Gasteiger partial charge in [-0.15, -0.1) is 0 Å². The number of carbonyl (C=O) groups is 2. The molecule has 0 saturated carbocycles. The Morgan fingerprint density at radius 2 is 1.69 bits per heavy atom. The molecule has 1 atom stereocenters. The molecule has 0 aromatic heterocycles. The number of rotatable bonds is 14. The number of sulfonamides is 1. The number of para-hydroxylation sites is 1. The lowest BCUT2D eigenvalue weighted by molar-refractivity contribution is -0.130. The topological polar surface area (TPSA) is 114 Å². The van der Waals surface area contributed by atoms with Crippen LogP contribution < -0.4 is 20.1 Å². The van der Waals surface area contributed by atoms with Gasteiger partial charge >= 0.3 is 0 Å². The van der Waals surface area contributed by atoms with Crippen molar-refractivity contribution in [3.8, 4) is 5.75 Å². The van der Waals surface area contributed by atoms with Crippen molar-refractivity contribution in [3.63, 3.8) is 0 Å². The molecule has 0 unspecified atom stereocenters. The van der Waals surface area contributed by atoms with Gasteiger partial charge in [-0.2, -0.15) is 0 Å². The maximum Gasteiger partial charge on any atom is 0.258 e. The van der Waals surface area contributed by atoms with Crippen LogP contribution in [0.3, 0.4) is 0 Å². The first-order chi connectivity index (χ1) is 16.6. The molecule has 0 aliphatic rings. The summed E-state index contributed by atoms with van der Waals surface area (Å²) in [5.74, 6) is 0.0851. The minimum atomic E-state index is -3.76. The van der Waals surface area contributed by atoms with Crippen LogP contribution >= 0.6 is 23.2 Å². The third kappa shape index (κ3) is 10.4. The summed E-state index contributed by atoms with van der Waals surface area (Å²) in [6.07, 6.45) is 1.52. The predicted molar refractivity (Wildman–Crippen MR) is 137 cm³/mol. The standard InChI is InChI=1S/C24H31Cl2N3O5S/c1-17(2)14-21(29-23(30)16-34-19-8-4-3-5-9-19)24(31)27-12-6-7-13-28-35(32,33)22-11-10-18(25)15-20(22)26/h3-5,8-11,15,17,21,28H,6-7,12-14,16H2,1-2H3,(H,27,31)(H,29,30)/t21-/m0/s1. The Bertz CT molecular complexity index is 1080. The third-order valence-corrected chi connectivity index (χ3v) is 7.03. The maximum atomic E-state index is 12.6. The van der Waals surface area contributed by atoms with Crippen molar-refractivity contribution in [1.29, 1.82) is 0 Å². The molecule has 0 aliphatic carbocycles. The van der Waals surface area contributed by atoms with Crippen molar-refractivity contribution in [2.75, 3.05) is 19.7 Å². The summed E-state index contributed by atoms with van der Waals surface area (Å²) < 4.78 is 32.7. The summed E-state index contributed by atoms with van der Waals surface area (Å²) >= 11 is 11.8. The molecule has 0 fully saturated rings. The Balaban J connectivity index is 1.74. The fourth-order valence-electron chi connectivity index (χ4n) is 3.17. The number of hydrogen-bond acceptors (Lipinski definition) is 5. The van der Waals surface area contributed by atoms with Crippen molar-refractivity contribution >= 4 is 45.0 Å². The first-order valence-electron chi connectivity index (χ1n) is 11.3. The molecule has 8 nitrogen and oxygen atoms in total. The first kappa shape index (κ1) is 28.9. The second kappa shape index (κ2) is 14.3. The Hall–Kier alpha value is -2.33. The van der Waals surface area contributed by atoms with Crippen molar-refractivity contribution in [3.05, 3.63) is 58.6 Å². The largest absolute Gasteiger partial charge is 0.484 e. The monoisotopic (exact) mass is 543 g/mol. The number of unbranched alkanes of at least 4 members (excludes halogenated alkanes) is 1. The zero-order valence-electron chi connectivity index (χ0n) is 19.7. The predicted octanol–water partition coefficient (Wildman–Crippen LogP) is 3.78. The van der Waals surface area contributed by atoms with E-state index in [9.17, 15) is 18.0 Å². The lowest BCUT2D eigenvalue weighted by Crippen LogP contribution is -2.48. The van der Waals surface area contributed by atoms with Crippen LogP contribution in [0.4, 0.5) is 0 Å². The molecule has 0 aliphatic heterocycles. The highest BCUT2D eigenvalue weighted by atomic mass is 35.5. The fraction of sp³-hybridized carbons (Fsp3) is 0.417. The maximum absolute atomic E-state index is 12.6. The quantitative estimate of drug-likeness (QED) is 0.314. The van der Waals surface area contributed by atoms with E-state index in [1.54, 1.807) is 24.3 Å². The summed E-state index contributed by atoms with van der Waals surface area (Å²) in [4.78, 5) is 24.9. The van der Waals surface area contributed by atoms with E-state index < -0.39 is 16.1 Å². The van der Waals surface area contributed by atoms with E-state index in [4.69, 9.17) is 27.9 Å². The summed E-state index contributed by atoms with van der Waals surface area (Å²) in [5, 5.41) is 5.93. The summed E-state index contributed by atoms with van der Waals surface area (Å²) in [6.45, 7) is 4.26. The van der Waals surface area contributed by atoms with Crippen LogP contribution in [0.5, 0.6) is 5.75 Å². The number of halogens is 2. The van der Waals surface area contributed by atoms with Gasteiger partial charge in [0.2, 0.25) is 15.9 Å². The van der Waals surface area contributed by atoms with E-state index in [1.165, 1.54) is 18.2 Å². The normalized spacial score (nSPS) is 12.3. The lowest BCUT2D eigenvalue weighted by Gasteiger charge is -2.20. The van der Waals surface area contributed by atoms with E-state index in [0.717, 1.165) is 0 Å². The van der Waals surface area contributed by atoms with Gasteiger partial charge in [-0.05, 0) is 55.5 Å². The zero-order chi connectivity index (χ0) is 25.8. The van der Waals surface area contributed by atoms with Gasteiger partial charge in [0.15, 0.2) is 6.61 Å². The molecular weight excluding hydrogens is 513 g/mol. The van der Waals surface area contributed by atoms with Crippen molar-refractivity contribution < 1.29 is 22.7 Å². The second-order valence-corrected chi connectivity index (χ2v) is 10.9. The van der Waals surface area contributed by atoms with Crippen LogP contribution in [0, 0.1) is 5.92 Å². The van der Waals surface area contributed by atoms with Crippen molar-refractivity contribution in [2.24, 2.45) is 5.92 Å². The lowest BCUT2D eigenvalue weighted by atomic mass is 10.0. The molecule has 0 spiro atoms. The molecule has 2 aromatic carbocycles. The first-order valence-corrected chi connectivity index (χ1v) is 13.5. The number of hydrogen-bond donors (Lipinski definition) is 3. The number of benzene rings is 2. The molecule has 0 saturated heterocycles. The molecule has 0 heterocycles. The number of amides is 2. The van der Waals surface area contributed by atoms with Crippen LogP contribution in [-0.4, -0.2) is 46.0 Å². The minimum Gasteiger partial charge on any atom is -0.484 e. The second-order valence-electron chi connectivity index (χ2n) is 8.32. The third-order valence-electron chi connectivity index (χ3n) is 4.85. The Kier molecular flexibility index (Phi) is 11.8. The molecule has 35 heavy (non-hydrogen) atoms. The molecule has 2 amide bonds. The highest BCUT2D eigenvalue weighted by molar-refractivity contribution is 7.89. The van der Waals surface area contributed by atoms with Crippen LogP contribution in [0.1, 0.15) is 33.1 Å². The molecule has 0 radical (unpaired) electrons. The number of nitrogens with one attached hydrogen (secondary N) is 3. The molecular formula is C24H31Cl2N3O5S. The molecule has 3 N–H and O–H groups in total. The van der Waals surface area contributed by atoms with Gasteiger partial charge in [0.05, 0.1) is 5.02 Å². The van der Waals surface area contributed by atoms with Crippen LogP contribution in [0.2, 0.25) is 10.0 Å². The Morgan fingerprint density at radius 1 is 1.00 bits per heavy atom. The van der Waals surface area contributed by atoms with E-state index in [0.29, 0.717) is 36.6 Å². The summed E-state index contributed by atoms with van der Waals surface area (Å²) in [7, 11) is -3.76. The van der Waals surface area contributed by atoms with Crippen LogP contribution in [-0.2, 0) is 19.6 Å². The van der Waals surface area contributed by atoms with Gasteiger partial charge in [0.1, 0.15) is 16.7 Å². The Morgan fingerprint density at radius 3 is 2.34 bits per heavy atom. The van der Waals surface area contributed by atoms with Crippen LogP contribution in [0.15, 0.2) is 53.4 Å². The zero-order valence-corrected chi connectivity index (χ0v) is 22.0. The van der Waals surface area contributed by atoms with E-state index in [1.807, 2.05) is 19.9 Å². The number of ether oxygens (including phenoxy) is 1. The van der Waals surface area contributed by atoms with Gasteiger partial charge in [-0.3, -0.25) is 9.59 Å². The van der Waals surface area contributed by atoms with E-state index in [-0.39, 0.29) is 40.8 Å². The molecule has 11 heteroatoms. The SMILES string of the molecule is CC(C)C[C@H](NC(=O)COc1ccccc1)C(=O)NCCCCNS(=O)(=O)c1ccc(Cl)cc1Cl. The average molecular weight is 545 g/mol. The van der Waals surface area contributed by atoms with Gasteiger partial charge in [0.25, 0.3) is 5.91 Å². The molecule has 0 bridgehead atoms. The number of carbonyl (C=O) groups excluding carboxylic acids is 2. The average Bonchev–Trinajstić information content (AvgIpc) is 2.79. The van der Waals surface area contributed by atoms with Gasteiger partial charge in [-0.1, -0.05) is 55.2 Å². The highest BCUT2D eigenvalue weighted by Gasteiger charge is 2.22. The molecule has 2 rings (SSSR count). The Labute approximate surface area is 216 Å². The summed E-state index contributed by atoms with van der Waals surface area (Å²) in [5.41, 5.74) is 0. The fourth-order valence-corrected chi connectivity index (χ4v) is 5.01. The van der Waals surface area contributed by atoms with Gasteiger partial charge in [0, 0.05) is 18.1 Å². The molecule has 2 aromatic rings. The van der Waals surface area contributed by atoms with Gasteiger partial charge in [-0.25, -0.2) is 13.1 Å². The minimum absolute atomic E-state index is 0.0413.